The first-order valence-electron chi connectivity index (χ1n) is 6.37. The van der Waals surface area contributed by atoms with Gasteiger partial charge in [-0.3, -0.25) is 4.79 Å². The molecule has 0 atom stereocenters. The van der Waals surface area contributed by atoms with Crippen molar-refractivity contribution < 1.29 is 4.79 Å². The van der Waals surface area contributed by atoms with Crippen molar-refractivity contribution in [2.75, 3.05) is 19.3 Å². The molecular formula is C14H21ClN2OS. The van der Waals surface area contributed by atoms with Gasteiger partial charge in [0, 0.05) is 16.5 Å². The van der Waals surface area contributed by atoms with E-state index in [2.05, 4.69) is 16.7 Å². The molecule has 0 aromatic heterocycles. The van der Waals surface area contributed by atoms with E-state index in [1.807, 2.05) is 25.3 Å². The van der Waals surface area contributed by atoms with E-state index in [4.69, 9.17) is 0 Å². The van der Waals surface area contributed by atoms with Crippen LogP contribution in [0.1, 0.15) is 28.8 Å². The van der Waals surface area contributed by atoms with Crippen molar-refractivity contribution in [1.29, 1.82) is 0 Å². The molecule has 0 aliphatic carbocycles. The molecule has 3 nitrogen and oxygen atoms in total. The molecule has 0 bridgehead atoms. The average molecular weight is 301 g/mol. The summed E-state index contributed by atoms with van der Waals surface area (Å²) in [5, 5.41) is 6.44. The van der Waals surface area contributed by atoms with Gasteiger partial charge >= 0.3 is 0 Å². The Morgan fingerprint density at radius 3 is 2.68 bits per heavy atom. The Bertz CT molecular complexity index is 433. The third kappa shape index (κ3) is 4.41. The zero-order valence-corrected chi connectivity index (χ0v) is 13.0. The van der Waals surface area contributed by atoms with Crippen LogP contribution in [0.3, 0.4) is 0 Å². The lowest BCUT2D eigenvalue weighted by Gasteiger charge is -2.24. The van der Waals surface area contributed by atoms with Crippen molar-refractivity contribution in [3.8, 4) is 0 Å². The fourth-order valence-electron chi connectivity index (χ4n) is 2.20. The van der Waals surface area contributed by atoms with Gasteiger partial charge in [-0.1, -0.05) is 6.07 Å². The Morgan fingerprint density at radius 2 is 2.05 bits per heavy atom. The number of hydrogen-bond donors (Lipinski definition) is 2. The lowest BCUT2D eigenvalue weighted by Crippen LogP contribution is -2.42. The van der Waals surface area contributed by atoms with Gasteiger partial charge < -0.3 is 10.6 Å². The van der Waals surface area contributed by atoms with E-state index in [9.17, 15) is 4.79 Å². The summed E-state index contributed by atoms with van der Waals surface area (Å²) in [6.07, 6.45) is 4.07. The molecule has 1 amide bonds. The Labute approximate surface area is 125 Å². The molecule has 1 aliphatic rings. The first-order chi connectivity index (χ1) is 8.70. The molecule has 19 heavy (non-hydrogen) atoms. The SMILES string of the molecule is CSc1ccc(C)c(C(=O)NC2CCNCC2)c1.Cl. The van der Waals surface area contributed by atoms with Crippen LogP contribution in [0, 0.1) is 6.92 Å². The number of benzene rings is 1. The summed E-state index contributed by atoms with van der Waals surface area (Å²) in [6.45, 7) is 3.98. The van der Waals surface area contributed by atoms with E-state index in [1.54, 1.807) is 11.8 Å². The summed E-state index contributed by atoms with van der Waals surface area (Å²) in [5.74, 6) is 0.0651. The zero-order chi connectivity index (χ0) is 13.0. The van der Waals surface area contributed by atoms with Crippen LogP contribution < -0.4 is 10.6 Å². The second-order valence-electron chi connectivity index (χ2n) is 4.68. The fraction of sp³-hybridized carbons (Fsp3) is 0.500. The minimum Gasteiger partial charge on any atom is -0.349 e. The van der Waals surface area contributed by atoms with Gasteiger partial charge in [0.25, 0.3) is 5.91 Å². The van der Waals surface area contributed by atoms with E-state index < -0.39 is 0 Å². The molecule has 1 saturated heterocycles. The molecule has 2 N–H and O–H groups in total. The molecule has 1 aromatic carbocycles. The highest BCUT2D eigenvalue weighted by molar-refractivity contribution is 7.98. The molecule has 0 saturated carbocycles. The van der Waals surface area contributed by atoms with Crippen LogP contribution in [0.25, 0.3) is 0 Å². The van der Waals surface area contributed by atoms with Crippen LogP contribution in [0.2, 0.25) is 0 Å². The Morgan fingerprint density at radius 1 is 1.37 bits per heavy atom. The number of amides is 1. The number of halogens is 1. The van der Waals surface area contributed by atoms with Gasteiger partial charge in [0.1, 0.15) is 0 Å². The van der Waals surface area contributed by atoms with Gasteiger partial charge in [0.05, 0.1) is 0 Å². The maximum atomic E-state index is 12.3. The molecule has 1 aliphatic heterocycles. The number of aryl methyl sites for hydroxylation is 1. The van der Waals surface area contributed by atoms with Crippen molar-refractivity contribution in [2.45, 2.75) is 30.7 Å². The fourth-order valence-corrected chi connectivity index (χ4v) is 2.64. The number of piperidine rings is 1. The van der Waals surface area contributed by atoms with Crippen LogP contribution in [0.5, 0.6) is 0 Å². The van der Waals surface area contributed by atoms with E-state index in [1.165, 1.54) is 0 Å². The summed E-state index contributed by atoms with van der Waals surface area (Å²) >= 11 is 1.67. The van der Waals surface area contributed by atoms with Gasteiger partial charge in [0.15, 0.2) is 0 Å². The van der Waals surface area contributed by atoms with E-state index >= 15 is 0 Å². The summed E-state index contributed by atoms with van der Waals surface area (Å²) in [5.41, 5.74) is 1.85. The summed E-state index contributed by atoms with van der Waals surface area (Å²) in [6, 6.07) is 6.37. The van der Waals surface area contributed by atoms with Crippen LogP contribution in [0.4, 0.5) is 0 Å². The molecular weight excluding hydrogens is 280 g/mol. The van der Waals surface area contributed by atoms with Gasteiger partial charge in [0.2, 0.25) is 0 Å². The number of carbonyl (C=O) groups excluding carboxylic acids is 1. The largest absolute Gasteiger partial charge is 0.349 e. The van der Waals surface area contributed by atoms with Crippen molar-refractivity contribution in [1.82, 2.24) is 10.6 Å². The average Bonchev–Trinajstić information content (AvgIpc) is 2.40. The van der Waals surface area contributed by atoms with Gasteiger partial charge in [-0.15, -0.1) is 24.2 Å². The molecule has 0 spiro atoms. The van der Waals surface area contributed by atoms with Crippen LogP contribution >= 0.6 is 24.2 Å². The third-order valence-electron chi connectivity index (χ3n) is 3.36. The second kappa shape index (κ2) is 7.78. The lowest BCUT2D eigenvalue weighted by molar-refractivity contribution is 0.0928. The first-order valence-corrected chi connectivity index (χ1v) is 7.59. The number of carbonyl (C=O) groups is 1. The van der Waals surface area contributed by atoms with Crippen molar-refractivity contribution in [3.63, 3.8) is 0 Å². The number of thioether (sulfide) groups is 1. The topological polar surface area (TPSA) is 41.1 Å². The number of hydrogen-bond acceptors (Lipinski definition) is 3. The zero-order valence-electron chi connectivity index (χ0n) is 11.4. The highest BCUT2D eigenvalue weighted by Gasteiger charge is 2.17. The highest BCUT2D eigenvalue weighted by Crippen LogP contribution is 2.19. The van der Waals surface area contributed by atoms with Gasteiger partial charge in [-0.25, -0.2) is 0 Å². The monoisotopic (exact) mass is 300 g/mol. The van der Waals surface area contributed by atoms with Gasteiger partial charge in [-0.05, 0) is 56.8 Å². The van der Waals surface area contributed by atoms with Crippen molar-refractivity contribution >= 4 is 30.1 Å². The molecule has 2 rings (SSSR count). The second-order valence-corrected chi connectivity index (χ2v) is 5.56. The molecule has 1 heterocycles. The molecule has 5 heteroatoms. The third-order valence-corrected chi connectivity index (χ3v) is 4.09. The Balaban J connectivity index is 0.00000180. The van der Waals surface area contributed by atoms with Crippen LogP contribution in [-0.4, -0.2) is 31.3 Å². The smallest absolute Gasteiger partial charge is 0.251 e. The van der Waals surface area contributed by atoms with E-state index in [0.29, 0.717) is 6.04 Å². The summed E-state index contributed by atoms with van der Waals surface area (Å²) in [4.78, 5) is 13.4. The van der Waals surface area contributed by atoms with Crippen molar-refractivity contribution in [3.05, 3.63) is 29.3 Å². The predicted molar refractivity (Wildman–Crippen MR) is 83.6 cm³/mol. The minimum atomic E-state index is 0. The highest BCUT2D eigenvalue weighted by atomic mass is 35.5. The molecule has 1 fully saturated rings. The van der Waals surface area contributed by atoms with E-state index in [0.717, 1.165) is 42.0 Å². The standard InChI is InChI=1S/C14H20N2OS.ClH/c1-10-3-4-12(18-2)9-13(10)14(17)16-11-5-7-15-8-6-11;/h3-4,9,11,15H,5-8H2,1-2H3,(H,16,17);1H. The molecule has 0 radical (unpaired) electrons. The Hall–Kier alpha value is -0.710. The number of nitrogens with one attached hydrogen (secondary N) is 2. The molecule has 1 aromatic rings. The minimum absolute atomic E-state index is 0. The summed E-state index contributed by atoms with van der Waals surface area (Å²) in [7, 11) is 0. The predicted octanol–water partition coefficient (Wildman–Crippen LogP) is 2.62. The quantitative estimate of drug-likeness (QED) is 0.843. The summed E-state index contributed by atoms with van der Waals surface area (Å²) < 4.78 is 0. The van der Waals surface area contributed by atoms with Crippen LogP contribution in [-0.2, 0) is 0 Å². The van der Waals surface area contributed by atoms with Gasteiger partial charge in [-0.2, -0.15) is 0 Å². The first kappa shape index (κ1) is 16.3. The van der Waals surface area contributed by atoms with Crippen LogP contribution in [0.15, 0.2) is 23.1 Å². The Kier molecular flexibility index (Phi) is 6.69. The normalized spacial score (nSPS) is 15.7. The molecule has 0 unspecified atom stereocenters. The molecule has 106 valence electrons. The maximum Gasteiger partial charge on any atom is 0.251 e. The lowest BCUT2D eigenvalue weighted by atomic mass is 10.0. The van der Waals surface area contributed by atoms with Crippen molar-refractivity contribution in [2.24, 2.45) is 0 Å². The maximum absolute atomic E-state index is 12.3. The van der Waals surface area contributed by atoms with E-state index in [-0.39, 0.29) is 18.3 Å². The number of rotatable bonds is 3.